The van der Waals surface area contributed by atoms with Crippen molar-refractivity contribution in [3.05, 3.63) is 58.2 Å². The second-order valence-corrected chi connectivity index (χ2v) is 5.84. The molecule has 1 aromatic heterocycles. The van der Waals surface area contributed by atoms with Crippen LogP contribution in [0.5, 0.6) is 0 Å². The normalized spacial score (nSPS) is 10.9. The minimum atomic E-state index is 0.815. The third-order valence-electron chi connectivity index (χ3n) is 3.45. The second-order valence-electron chi connectivity index (χ2n) is 4.92. The molecule has 3 nitrogen and oxygen atoms in total. The Morgan fingerprint density at radius 3 is 2.65 bits per heavy atom. The fourth-order valence-electron chi connectivity index (χ4n) is 2.35. The van der Waals surface area contributed by atoms with Crippen LogP contribution in [0.3, 0.4) is 0 Å². The van der Waals surface area contributed by atoms with Gasteiger partial charge in [0.1, 0.15) is 0 Å². The third-order valence-corrected chi connectivity index (χ3v) is 3.97. The molecule has 4 heteroatoms. The number of halogens is 1. The van der Waals surface area contributed by atoms with Gasteiger partial charge in [-0.3, -0.25) is 4.68 Å². The maximum absolute atomic E-state index is 4.44. The summed E-state index contributed by atoms with van der Waals surface area (Å²) in [7, 11) is 1.98. The summed E-state index contributed by atoms with van der Waals surface area (Å²) in [5, 5.41) is 9.11. The first-order valence-corrected chi connectivity index (χ1v) is 7.34. The van der Waals surface area contributed by atoms with E-state index in [1.807, 2.05) is 18.7 Å². The number of aromatic nitrogens is 2. The van der Waals surface area contributed by atoms with Crippen LogP contribution in [0.1, 0.15) is 11.3 Å². The van der Waals surface area contributed by atoms with Gasteiger partial charge in [0, 0.05) is 29.1 Å². The topological polar surface area (TPSA) is 29.9 Å². The molecule has 0 saturated carbocycles. The zero-order chi connectivity index (χ0) is 14.1. The molecule has 0 amide bonds. The Labute approximate surface area is 126 Å². The number of anilines is 1. The van der Waals surface area contributed by atoms with Gasteiger partial charge in [0.2, 0.25) is 0 Å². The number of aryl methyl sites for hydroxylation is 2. The SMILES string of the molecule is Cc1nn(C)c2cc(NCc3ccc(Br)cc3)ccc12. The van der Waals surface area contributed by atoms with E-state index in [9.17, 15) is 0 Å². The minimum absolute atomic E-state index is 0.815. The van der Waals surface area contributed by atoms with Crippen molar-refractivity contribution < 1.29 is 0 Å². The van der Waals surface area contributed by atoms with Crippen LogP contribution >= 0.6 is 15.9 Å². The summed E-state index contributed by atoms with van der Waals surface area (Å²) in [6.45, 7) is 2.85. The summed E-state index contributed by atoms with van der Waals surface area (Å²) in [4.78, 5) is 0. The van der Waals surface area contributed by atoms with Crippen molar-refractivity contribution >= 4 is 32.5 Å². The van der Waals surface area contributed by atoms with Crippen molar-refractivity contribution in [2.75, 3.05) is 5.32 Å². The minimum Gasteiger partial charge on any atom is -0.381 e. The maximum atomic E-state index is 4.44. The van der Waals surface area contributed by atoms with Crippen LogP contribution in [0.25, 0.3) is 10.9 Å². The van der Waals surface area contributed by atoms with Gasteiger partial charge in [0.15, 0.2) is 0 Å². The lowest BCUT2D eigenvalue weighted by atomic mass is 10.2. The van der Waals surface area contributed by atoms with Crippen LogP contribution in [0.2, 0.25) is 0 Å². The molecule has 1 heterocycles. The van der Waals surface area contributed by atoms with Crippen LogP contribution in [0.4, 0.5) is 5.69 Å². The van der Waals surface area contributed by atoms with Gasteiger partial charge in [-0.05, 0) is 42.8 Å². The summed E-state index contributed by atoms with van der Waals surface area (Å²) >= 11 is 3.45. The lowest BCUT2D eigenvalue weighted by Gasteiger charge is -2.07. The van der Waals surface area contributed by atoms with Crippen molar-refractivity contribution in [2.45, 2.75) is 13.5 Å². The van der Waals surface area contributed by atoms with E-state index < -0.39 is 0 Å². The number of benzene rings is 2. The summed E-state index contributed by atoms with van der Waals surface area (Å²) < 4.78 is 3.03. The molecular formula is C16H16BrN3. The van der Waals surface area contributed by atoms with Gasteiger partial charge in [-0.25, -0.2) is 0 Å². The number of fused-ring (bicyclic) bond motifs is 1. The highest BCUT2D eigenvalue weighted by atomic mass is 79.9. The predicted molar refractivity (Wildman–Crippen MR) is 86.9 cm³/mol. The Kier molecular flexibility index (Phi) is 3.49. The van der Waals surface area contributed by atoms with E-state index in [4.69, 9.17) is 0 Å². The average molecular weight is 330 g/mol. The molecule has 102 valence electrons. The van der Waals surface area contributed by atoms with Gasteiger partial charge in [-0.1, -0.05) is 28.1 Å². The number of nitrogens with one attached hydrogen (secondary N) is 1. The molecule has 0 bridgehead atoms. The summed E-state index contributed by atoms with van der Waals surface area (Å²) in [6, 6.07) is 14.7. The zero-order valence-corrected chi connectivity index (χ0v) is 13.1. The Bertz CT molecular complexity index is 744. The van der Waals surface area contributed by atoms with Gasteiger partial charge < -0.3 is 5.32 Å². The van der Waals surface area contributed by atoms with E-state index in [2.05, 4.69) is 68.8 Å². The number of nitrogens with zero attached hydrogens (tertiary/aromatic N) is 2. The molecule has 0 aliphatic carbocycles. The largest absolute Gasteiger partial charge is 0.381 e. The van der Waals surface area contributed by atoms with E-state index >= 15 is 0 Å². The number of rotatable bonds is 3. The van der Waals surface area contributed by atoms with Crippen molar-refractivity contribution in [3.63, 3.8) is 0 Å². The smallest absolute Gasteiger partial charge is 0.0702 e. The van der Waals surface area contributed by atoms with Crippen LogP contribution < -0.4 is 5.32 Å². The zero-order valence-electron chi connectivity index (χ0n) is 11.5. The molecule has 20 heavy (non-hydrogen) atoms. The van der Waals surface area contributed by atoms with Crippen LogP contribution in [0.15, 0.2) is 46.9 Å². The van der Waals surface area contributed by atoms with Gasteiger partial charge >= 0.3 is 0 Å². The quantitative estimate of drug-likeness (QED) is 0.778. The van der Waals surface area contributed by atoms with Gasteiger partial charge in [0.25, 0.3) is 0 Å². The molecule has 2 aromatic carbocycles. The van der Waals surface area contributed by atoms with Crippen LogP contribution in [-0.2, 0) is 13.6 Å². The lowest BCUT2D eigenvalue weighted by Crippen LogP contribution is -1.99. The molecule has 0 fully saturated rings. The highest BCUT2D eigenvalue weighted by Crippen LogP contribution is 2.22. The van der Waals surface area contributed by atoms with E-state index in [-0.39, 0.29) is 0 Å². The van der Waals surface area contributed by atoms with E-state index in [1.54, 1.807) is 0 Å². The average Bonchev–Trinajstić information content (AvgIpc) is 2.73. The van der Waals surface area contributed by atoms with Gasteiger partial charge in [-0.15, -0.1) is 0 Å². The Morgan fingerprint density at radius 2 is 1.90 bits per heavy atom. The summed E-state index contributed by atoms with van der Waals surface area (Å²) in [6.07, 6.45) is 0. The van der Waals surface area contributed by atoms with Crippen molar-refractivity contribution in [1.29, 1.82) is 0 Å². The third kappa shape index (κ3) is 2.56. The fraction of sp³-hybridized carbons (Fsp3) is 0.188. The Hall–Kier alpha value is -1.81. The van der Waals surface area contributed by atoms with E-state index in [1.165, 1.54) is 10.9 Å². The standard InChI is InChI=1S/C16H16BrN3/c1-11-15-8-7-14(9-16(15)20(2)19-11)18-10-12-3-5-13(17)6-4-12/h3-9,18H,10H2,1-2H3. The van der Waals surface area contributed by atoms with Crippen molar-refractivity contribution in [1.82, 2.24) is 9.78 Å². The summed E-state index contributed by atoms with van der Waals surface area (Å²) in [5.74, 6) is 0. The van der Waals surface area contributed by atoms with Crippen molar-refractivity contribution in [2.24, 2.45) is 7.05 Å². The monoisotopic (exact) mass is 329 g/mol. The van der Waals surface area contributed by atoms with Crippen molar-refractivity contribution in [3.8, 4) is 0 Å². The fourth-order valence-corrected chi connectivity index (χ4v) is 2.62. The molecule has 0 atom stereocenters. The highest BCUT2D eigenvalue weighted by molar-refractivity contribution is 9.10. The molecule has 0 unspecified atom stereocenters. The molecule has 0 aliphatic rings. The highest BCUT2D eigenvalue weighted by Gasteiger charge is 2.05. The first kappa shape index (κ1) is 13.2. The van der Waals surface area contributed by atoms with Crippen LogP contribution in [-0.4, -0.2) is 9.78 Å². The first-order valence-electron chi connectivity index (χ1n) is 6.55. The second kappa shape index (κ2) is 5.29. The predicted octanol–water partition coefficient (Wildman–Crippen LogP) is 4.26. The molecule has 3 aromatic rings. The number of hydrogen-bond acceptors (Lipinski definition) is 2. The molecule has 0 saturated heterocycles. The maximum Gasteiger partial charge on any atom is 0.0702 e. The Morgan fingerprint density at radius 1 is 1.15 bits per heavy atom. The molecular weight excluding hydrogens is 314 g/mol. The first-order chi connectivity index (χ1) is 9.63. The molecule has 3 rings (SSSR count). The molecule has 0 radical (unpaired) electrons. The molecule has 0 spiro atoms. The molecule has 0 aliphatic heterocycles. The Balaban J connectivity index is 1.80. The number of hydrogen-bond donors (Lipinski definition) is 1. The van der Waals surface area contributed by atoms with Gasteiger partial charge in [0.05, 0.1) is 11.2 Å². The lowest BCUT2D eigenvalue weighted by molar-refractivity contribution is 0.783. The van der Waals surface area contributed by atoms with Crippen LogP contribution in [0, 0.1) is 6.92 Å². The van der Waals surface area contributed by atoms with E-state index in [0.717, 1.165) is 27.9 Å². The molecule has 1 N–H and O–H groups in total. The van der Waals surface area contributed by atoms with Gasteiger partial charge in [-0.2, -0.15) is 5.10 Å². The van der Waals surface area contributed by atoms with E-state index in [0.29, 0.717) is 0 Å². The summed E-state index contributed by atoms with van der Waals surface area (Å²) in [5.41, 5.74) is 4.60.